The zero-order valence-corrected chi connectivity index (χ0v) is 17.6. The maximum absolute atomic E-state index is 12.1. The quantitative estimate of drug-likeness (QED) is 0.384. The molecular weight excluding hydrogens is 436 g/mol. The molecule has 0 unspecified atom stereocenters. The number of nitrogens with one attached hydrogen (secondary N) is 1. The number of nitrogens with zero attached hydrogens (tertiary/aromatic N) is 1. The zero-order valence-electron chi connectivity index (χ0n) is 16.1. The number of carbonyl (C=O) groups excluding carboxylic acids is 1. The number of phenolic OH excluding ortho intramolecular Hbond substituents is 1. The summed E-state index contributed by atoms with van der Waals surface area (Å²) in [6.07, 6.45) is 1.63. The summed E-state index contributed by atoms with van der Waals surface area (Å²) in [4.78, 5) is 12.1. The molecule has 0 aliphatic rings. The van der Waals surface area contributed by atoms with Gasteiger partial charge in [-0.05, 0) is 41.8 Å². The molecule has 0 aliphatic heterocycles. The van der Waals surface area contributed by atoms with Gasteiger partial charge in [-0.1, -0.05) is 41.1 Å². The molecular formula is C22H21BrN2O4. The molecule has 1 heterocycles. The Morgan fingerprint density at radius 3 is 2.69 bits per heavy atom. The van der Waals surface area contributed by atoms with E-state index in [0.29, 0.717) is 22.8 Å². The molecule has 0 saturated carbocycles. The van der Waals surface area contributed by atoms with E-state index < -0.39 is 0 Å². The van der Waals surface area contributed by atoms with E-state index in [9.17, 15) is 9.90 Å². The highest BCUT2D eigenvalue weighted by Crippen LogP contribution is 2.31. The van der Waals surface area contributed by atoms with Crippen LogP contribution in [0.3, 0.4) is 0 Å². The predicted octanol–water partition coefficient (Wildman–Crippen LogP) is 5.07. The van der Waals surface area contributed by atoms with E-state index in [1.54, 1.807) is 18.2 Å². The molecule has 7 heteroatoms. The standard InChI is InChI=1S/C22H21BrN2O4/c1-14(19-9-7-17(28-2)12-20(19)26)11-22(27)25-24-13-18-8-10-21(29-18)15-3-5-16(23)6-4-15/h3-10,12-14,26H,11H2,1-2H3,(H,25,27)/t14-/m0/s1. The van der Waals surface area contributed by atoms with Crippen LogP contribution < -0.4 is 10.2 Å². The van der Waals surface area contributed by atoms with Crippen molar-refractivity contribution in [3.63, 3.8) is 0 Å². The normalized spacial score (nSPS) is 12.1. The third-order valence-corrected chi connectivity index (χ3v) is 4.93. The van der Waals surface area contributed by atoms with Gasteiger partial charge in [0.15, 0.2) is 0 Å². The van der Waals surface area contributed by atoms with E-state index in [0.717, 1.165) is 10.0 Å². The van der Waals surface area contributed by atoms with Crippen LogP contribution in [0.25, 0.3) is 11.3 Å². The van der Waals surface area contributed by atoms with Gasteiger partial charge in [0.2, 0.25) is 5.91 Å². The van der Waals surface area contributed by atoms with Gasteiger partial charge >= 0.3 is 0 Å². The number of benzene rings is 2. The van der Waals surface area contributed by atoms with Gasteiger partial charge in [0.25, 0.3) is 0 Å². The summed E-state index contributed by atoms with van der Waals surface area (Å²) in [7, 11) is 1.53. The second-order valence-electron chi connectivity index (χ2n) is 6.53. The molecule has 3 aromatic rings. The fourth-order valence-electron chi connectivity index (χ4n) is 2.86. The topological polar surface area (TPSA) is 84.1 Å². The third-order valence-electron chi connectivity index (χ3n) is 4.40. The highest BCUT2D eigenvalue weighted by atomic mass is 79.9. The lowest BCUT2D eigenvalue weighted by molar-refractivity contribution is -0.121. The Morgan fingerprint density at radius 1 is 1.24 bits per heavy atom. The maximum atomic E-state index is 12.1. The van der Waals surface area contributed by atoms with E-state index in [2.05, 4.69) is 26.5 Å². The molecule has 0 saturated heterocycles. The fourth-order valence-corrected chi connectivity index (χ4v) is 3.12. The first kappa shape index (κ1) is 20.7. The molecule has 0 fully saturated rings. The largest absolute Gasteiger partial charge is 0.508 e. The van der Waals surface area contributed by atoms with Gasteiger partial charge in [0.1, 0.15) is 23.0 Å². The van der Waals surface area contributed by atoms with Crippen LogP contribution in [0.1, 0.15) is 30.6 Å². The molecule has 0 radical (unpaired) electrons. The Bertz CT molecular complexity index is 1010. The first-order valence-electron chi connectivity index (χ1n) is 9.01. The highest BCUT2D eigenvalue weighted by Gasteiger charge is 2.15. The lowest BCUT2D eigenvalue weighted by Crippen LogP contribution is -2.19. The number of halogens is 1. The van der Waals surface area contributed by atoms with Crippen LogP contribution in [-0.4, -0.2) is 24.3 Å². The van der Waals surface area contributed by atoms with E-state index in [1.807, 2.05) is 37.3 Å². The van der Waals surface area contributed by atoms with E-state index in [1.165, 1.54) is 19.4 Å². The number of phenols is 1. The summed E-state index contributed by atoms with van der Waals surface area (Å²) in [5.41, 5.74) is 4.11. The molecule has 0 bridgehead atoms. The molecule has 1 aromatic heterocycles. The van der Waals surface area contributed by atoms with Gasteiger partial charge in [-0.3, -0.25) is 4.79 Å². The number of carbonyl (C=O) groups is 1. The fraction of sp³-hybridized carbons (Fsp3) is 0.182. The molecule has 0 spiro atoms. The van der Waals surface area contributed by atoms with Crippen LogP contribution in [-0.2, 0) is 4.79 Å². The lowest BCUT2D eigenvalue weighted by atomic mass is 9.96. The van der Waals surface area contributed by atoms with Crippen LogP contribution in [0.2, 0.25) is 0 Å². The first-order valence-corrected chi connectivity index (χ1v) is 9.80. The van der Waals surface area contributed by atoms with Gasteiger partial charge < -0.3 is 14.3 Å². The molecule has 29 heavy (non-hydrogen) atoms. The van der Waals surface area contributed by atoms with Crippen molar-refractivity contribution >= 4 is 28.1 Å². The van der Waals surface area contributed by atoms with Crippen LogP contribution in [0.4, 0.5) is 0 Å². The Balaban J connectivity index is 1.55. The molecule has 0 aliphatic carbocycles. The predicted molar refractivity (Wildman–Crippen MR) is 115 cm³/mol. The Labute approximate surface area is 177 Å². The first-order chi connectivity index (χ1) is 14.0. The third kappa shape index (κ3) is 5.48. The van der Waals surface area contributed by atoms with Gasteiger partial charge in [-0.15, -0.1) is 0 Å². The number of hydrazone groups is 1. The summed E-state index contributed by atoms with van der Waals surface area (Å²) < 4.78 is 11.8. The number of hydrogen-bond acceptors (Lipinski definition) is 5. The number of furan rings is 1. The van der Waals surface area contributed by atoms with Gasteiger partial charge in [-0.25, -0.2) is 5.43 Å². The Kier molecular flexibility index (Phi) is 6.72. The maximum Gasteiger partial charge on any atom is 0.240 e. The Morgan fingerprint density at radius 2 is 2.00 bits per heavy atom. The van der Waals surface area contributed by atoms with Crippen molar-refractivity contribution < 1.29 is 19.1 Å². The van der Waals surface area contributed by atoms with Crippen LogP contribution in [0.15, 0.2) is 68.6 Å². The number of aromatic hydroxyl groups is 1. The number of hydrogen-bond donors (Lipinski definition) is 2. The molecule has 1 atom stereocenters. The van der Waals surface area contributed by atoms with E-state index in [4.69, 9.17) is 9.15 Å². The smallest absolute Gasteiger partial charge is 0.240 e. The van der Waals surface area contributed by atoms with Crippen molar-refractivity contribution in [1.29, 1.82) is 0 Å². The minimum absolute atomic E-state index is 0.101. The molecule has 3 rings (SSSR count). The summed E-state index contributed by atoms with van der Waals surface area (Å²) in [6, 6.07) is 16.4. The second-order valence-corrected chi connectivity index (χ2v) is 7.45. The molecule has 2 N–H and O–H groups in total. The average Bonchev–Trinajstić information content (AvgIpc) is 3.17. The van der Waals surface area contributed by atoms with E-state index in [-0.39, 0.29) is 24.0 Å². The summed E-state index contributed by atoms with van der Waals surface area (Å²) >= 11 is 3.40. The second kappa shape index (κ2) is 9.43. The number of amides is 1. The summed E-state index contributed by atoms with van der Waals surface area (Å²) in [6.45, 7) is 1.86. The summed E-state index contributed by atoms with van der Waals surface area (Å²) in [5, 5.41) is 14.0. The van der Waals surface area contributed by atoms with Crippen molar-refractivity contribution in [3.8, 4) is 22.8 Å². The molecule has 6 nitrogen and oxygen atoms in total. The minimum atomic E-state index is -0.261. The van der Waals surface area contributed by atoms with Crippen molar-refractivity contribution in [3.05, 3.63) is 70.4 Å². The number of methoxy groups -OCH3 is 1. The van der Waals surface area contributed by atoms with Crippen LogP contribution >= 0.6 is 15.9 Å². The minimum Gasteiger partial charge on any atom is -0.508 e. The number of ether oxygens (including phenoxy) is 1. The van der Waals surface area contributed by atoms with Gasteiger partial charge in [0, 0.05) is 22.5 Å². The number of rotatable bonds is 7. The molecule has 2 aromatic carbocycles. The van der Waals surface area contributed by atoms with Crippen molar-refractivity contribution in [2.24, 2.45) is 5.10 Å². The van der Waals surface area contributed by atoms with Crippen molar-refractivity contribution in [1.82, 2.24) is 5.43 Å². The van der Waals surface area contributed by atoms with Crippen molar-refractivity contribution in [2.75, 3.05) is 7.11 Å². The molecule has 1 amide bonds. The lowest BCUT2D eigenvalue weighted by Gasteiger charge is -2.13. The SMILES string of the molecule is COc1ccc([C@@H](C)CC(=O)NN=Cc2ccc(-c3ccc(Br)cc3)o2)c(O)c1. The van der Waals surface area contributed by atoms with E-state index >= 15 is 0 Å². The Hall–Kier alpha value is -3.06. The van der Waals surface area contributed by atoms with Gasteiger partial charge in [-0.2, -0.15) is 5.10 Å². The van der Waals surface area contributed by atoms with Crippen LogP contribution in [0, 0.1) is 0 Å². The monoisotopic (exact) mass is 456 g/mol. The van der Waals surface area contributed by atoms with Crippen molar-refractivity contribution in [2.45, 2.75) is 19.3 Å². The van der Waals surface area contributed by atoms with Gasteiger partial charge in [0.05, 0.1) is 13.3 Å². The molecule has 150 valence electrons. The summed E-state index contributed by atoms with van der Waals surface area (Å²) in [5.74, 6) is 1.47. The highest BCUT2D eigenvalue weighted by molar-refractivity contribution is 9.10. The average molecular weight is 457 g/mol. The zero-order chi connectivity index (χ0) is 20.8. The van der Waals surface area contributed by atoms with Crippen LogP contribution in [0.5, 0.6) is 11.5 Å².